The van der Waals surface area contributed by atoms with E-state index in [9.17, 15) is 4.79 Å². The van der Waals surface area contributed by atoms with Crippen LogP contribution in [0.15, 0.2) is 0 Å². The predicted octanol–water partition coefficient (Wildman–Crippen LogP) is 2.90. The largest absolute Gasteiger partial charge is 0.480 e. The number of hydrogen-bond acceptors (Lipinski definition) is 2. The molecule has 17 heavy (non-hydrogen) atoms. The summed E-state index contributed by atoms with van der Waals surface area (Å²) in [5, 5.41) is 12.3. The Balaban J connectivity index is 2.41. The Hall–Kier alpha value is -0.570. The molecule has 0 aliphatic heterocycles. The summed E-state index contributed by atoms with van der Waals surface area (Å²) in [5.74, 6) is 0.0542. The highest BCUT2D eigenvalue weighted by molar-refractivity contribution is 5.73. The van der Waals surface area contributed by atoms with Gasteiger partial charge in [0.1, 0.15) is 6.04 Å². The minimum atomic E-state index is -0.727. The summed E-state index contributed by atoms with van der Waals surface area (Å²) in [6, 6.07) is -0.403. The minimum Gasteiger partial charge on any atom is -0.480 e. The average molecular weight is 241 g/mol. The second kappa shape index (κ2) is 5.85. The van der Waals surface area contributed by atoms with Crippen LogP contribution >= 0.6 is 0 Å². The molecule has 0 heterocycles. The highest BCUT2D eigenvalue weighted by Crippen LogP contribution is 2.38. The summed E-state index contributed by atoms with van der Waals surface area (Å²) in [7, 11) is 0. The molecule has 0 amide bonds. The van der Waals surface area contributed by atoms with Crippen LogP contribution in [0.4, 0.5) is 0 Å². The highest BCUT2D eigenvalue weighted by Gasteiger charge is 2.29. The molecule has 2 N–H and O–H groups in total. The molecule has 0 bridgehead atoms. The monoisotopic (exact) mass is 241 g/mol. The van der Waals surface area contributed by atoms with Crippen LogP contribution in [-0.4, -0.2) is 23.7 Å². The van der Waals surface area contributed by atoms with Crippen LogP contribution in [0, 0.1) is 17.3 Å². The van der Waals surface area contributed by atoms with Gasteiger partial charge in [-0.3, -0.25) is 4.79 Å². The van der Waals surface area contributed by atoms with Gasteiger partial charge in [0, 0.05) is 0 Å². The first-order valence-electron chi connectivity index (χ1n) is 6.78. The molecule has 2 atom stereocenters. The van der Waals surface area contributed by atoms with Crippen molar-refractivity contribution in [1.29, 1.82) is 0 Å². The van der Waals surface area contributed by atoms with Gasteiger partial charge in [0.15, 0.2) is 0 Å². The van der Waals surface area contributed by atoms with Gasteiger partial charge in [0.2, 0.25) is 0 Å². The summed E-state index contributed by atoms with van der Waals surface area (Å²) in [5.41, 5.74) is 0.432. The van der Waals surface area contributed by atoms with Gasteiger partial charge in [-0.2, -0.15) is 0 Å². The van der Waals surface area contributed by atoms with E-state index in [1.54, 1.807) is 0 Å². The highest BCUT2D eigenvalue weighted by atomic mass is 16.4. The summed E-state index contributed by atoms with van der Waals surface area (Å²) >= 11 is 0. The van der Waals surface area contributed by atoms with E-state index in [-0.39, 0.29) is 5.92 Å². The lowest BCUT2D eigenvalue weighted by atomic mass is 9.72. The van der Waals surface area contributed by atoms with E-state index in [4.69, 9.17) is 5.11 Å². The quantitative estimate of drug-likeness (QED) is 0.778. The maximum atomic E-state index is 11.1. The fourth-order valence-electron chi connectivity index (χ4n) is 2.93. The normalized spacial score (nSPS) is 25.8. The van der Waals surface area contributed by atoms with Gasteiger partial charge >= 0.3 is 5.97 Å². The smallest absolute Gasteiger partial charge is 0.320 e. The van der Waals surface area contributed by atoms with Gasteiger partial charge in [-0.25, -0.2) is 0 Å². The van der Waals surface area contributed by atoms with Gasteiger partial charge in [-0.1, -0.05) is 34.1 Å². The van der Waals surface area contributed by atoms with E-state index in [1.165, 1.54) is 25.7 Å². The lowest BCUT2D eigenvalue weighted by Gasteiger charge is -2.36. The SMILES string of the molecule is CC(C)[C@H](NC[C@@H]1CCCC(C)(C)C1)C(=O)O. The Kier molecular flexibility index (Phi) is 4.99. The zero-order chi connectivity index (χ0) is 13.1. The Bertz CT molecular complexity index is 261. The third-order valence-corrected chi connectivity index (χ3v) is 3.87. The summed E-state index contributed by atoms with van der Waals surface area (Å²) in [6.45, 7) is 9.39. The van der Waals surface area contributed by atoms with E-state index in [2.05, 4.69) is 19.2 Å². The van der Waals surface area contributed by atoms with Gasteiger partial charge in [0.25, 0.3) is 0 Å². The van der Waals surface area contributed by atoms with Crippen LogP contribution in [0.2, 0.25) is 0 Å². The van der Waals surface area contributed by atoms with Crippen molar-refractivity contribution in [3.05, 3.63) is 0 Å². The number of rotatable bonds is 5. The van der Waals surface area contributed by atoms with Gasteiger partial charge in [-0.15, -0.1) is 0 Å². The minimum absolute atomic E-state index is 0.143. The number of carboxylic acid groups (broad SMARTS) is 1. The second-order valence-electron chi connectivity index (χ2n) is 6.59. The molecule has 1 fully saturated rings. The standard InChI is InChI=1S/C14H27NO2/c1-10(2)12(13(16)17)15-9-11-6-5-7-14(3,4)8-11/h10-12,15H,5-9H2,1-4H3,(H,16,17)/t11-,12+/m1/s1. The van der Waals surface area contributed by atoms with Crippen LogP contribution in [0.1, 0.15) is 53.4 Å². The summed E-state index contributed by atoms with van der Waals surface area (Å²) in [4.78, 5) is 11.1. The molecule has 0 spiro atoms. The van der Waals surface area contributed by atoms with Crippen molar-refractivity contribution in [1.82, 2.24) is 5.32 Å². The Labute approximate surface area is 105 Å². The number of carboxylic acids is 1. The van der Waals surface area contributed by atoms with Crippen molar-refractivity contribution in [3.8, 4) is 0 Å². The Morgan fingerprint density at radius 1 is 1.47 bits per heavy atom. The van der Waals surface area contributed by atoms with Gasteiger partial charge < -0.3 is 10.4 Å². The van der Waals surface area contributed by atoms with Crippen molar-refractivity contribution in [3.63, 3.8) is 0 Å². The third-order valence-electron chi connectivity index (χ3n) is 3.87. The molecule has 1 aliphatic rings. The molecule has 0 saturated heterocycles. The first-order chi connectivity index (χ1) is 7.82. The van der Waals surface area contributed by atoms with Crippen molar-refractivity contribution in [2.75, 3.05) is 6.54 Å². The van der Waals surface area contributed by atoms with Gasteiger partial charge in [-0.05, 0) is 43.1 Å². The maximum absolute atomic E-state index is 11.1. The maximum Gasteiger partial charge on any atom is 0.320 e. The molecule has 1 rings (SSSR count). The fourth-order valence-corrected chi connectivity index (χ4v) is 2.93. The zero-order valence-electron chi connectivity index (χ0n) is 11.6. The molecule has 0 unspecified atom stereocenters. The zero-order valence-corrected chi connectivity index (χ0v) is 11.6. The van der Waals surface area contributed by atoms with Crippen LogP contribution in [0.3, 0.4) is 0 Å². The molecule has 3 heteroatoms. The molecule has 0 aromatic rings. The molecular weight excluding hydrogens is 214 g/mol. The molecule has 0 radical (unpaired) electrons. The van der Waals surface area contributed by atoms with Crippen LogP contribution in [0.25, 0.3) is 0 Å². The molecule has 0 aromatic carbocycles. The summed E-state index contributed by atoms with van der Waals surface area (Å²) < 4.78 is 0. The molecule has 1 aliphatic carbocycles. The van der Waals surface area contributed by atoms with Crippen molar-refractivity contribution in [2.45, 2.75) is 59.4 Å². The third kappa shape index (κ3) is 4.66. The Morgan fingerprint density at radius 2 is 2.12 bits per heavy atom. The van der Waals surface area contributed by atoms with Crippen LogP contribution < -0.4 is 5.32 Å². The number of hydrogen-bond donors (Lipinski definition) is 2. The lowest BCUT2D eigenvalue weighted by Crippen LogP contribution is -2.44. The van der Waals surface area contributed by atoms with Crippen molar-refractivity contribution in [2.24, 2.45) is 17.3 Å². The van der Waals surface area contributed by atoms with E-state index in [1.807, 2.05) is 13.8 Å². The lowest BCUT2D eigenvalue weighted by molar-refractivity contribution is -0.140. The fraction of sp³-hybridized carbons (Fsp3) is 0.929. The van der Waals surface area contributed by atoms with Gasteiger partial charge in [0.05, 0.1) is 0 Å². The topological polar surface area (TPSA) is 49.3 Å². The van der Waals surface area contributed by atoms with E-state index >= 15 is 0 Å². The van der Waals surface area contributed by atoms with E-state index in [0.29, 0.717) is 11.3 Å². The molecule has 100 valence electrons. The molecule has 1 saturated carbocycles. The number of nitrogens with one attached hydrogen (secondary N) is 1. The molecule has 3 nitrogen and oxygen atoms in total. The van der Waals surface area contributed by atoms with Crippen molar-refractivity contribution >= 4 is 5.97 Å². The number of carbonyl (C=O) groups is 1. The molecule has 0 aromatic heterocycles. The predicted molar refractivity (Wildman–Crippen MR) is 70.0 cm³/mol. The van der Waals surface area contributed by atoms with E-state index < -0.39 is 12.0 Å². The van der Waals surface area contributed by atoms with E-state index in [0.717, 1.165) is 6.54 Å². The van der Waals surface area contributed by atoms with Crippen molar-refractivity contribution < 1.29 is 9.90 Å². The Morgan fingerprint density at radius 3 is 2.59 bits per heavy atom. The first-order valence-corrected chi connectivity index (χ1v) is 6.78. The number of aliphatic carboxylic acids is 1. The first kappa shape index (κ1) is 14.5. The second-order valence-corrected chi connectivity index (χ2v) is 6.59. The molecular formula is C14H27NO2. The van der Waals surface area contributed by atoms with Crippen LogP contribution in [0.5, 0.6) is 0 Å². The summed E-state index contributed by atoms with van der Waals surface area (Å²) in [6.07, 6.45) is 5.03. The van der Waals surface area contributed by atoms with Crippen LogP contribution in [-0.2, 0) is 4.79 Å². The average Bonchev–Trinajstić information content (AvgIpc) is 2.15.